The van der Waals surface area contributed by atoms with Crippen molar-refractivity contribution in [3.8, 4) is 0 Å². The third-order valence-electron chi connectivity index (χ3n) is 3.11. The molecule has 19 heavy (non-hydrogen) atoms. The minimum atomic E-state index is -0.633. The quantitative estimate of drug-likeness (QED) is 0.800. The van der Waals surface area contributed by atoms with E-state index in [2.05, 4.69) is 0 Å². The molecule has 0 bridgehead atoms. The molecule has 112 valence electrons. The van der Waals surface area contributed by atoms with E-state index < -0.39 is 11.3 Å². The molecule has 1 N–H and O–H groups in total. The highest BCUT2D eigenvalue weighted by atomic mass is 16.6. The molecule has 0 radical (unpaired) electrons. The molecule has 0 aliphatic carbocycles. The number of amides is 1. The van der Waals surface area contributed by atoms with Gasteiger partial charge in [0.25, 0.3) is 0 Å². The average Bonchev–Trinajstić information content (AvgIpc) is 2.52. The Kier molecular flexibility index (Phi) is 5.21. The summed E-state index contributed by atoms with van der Waals surface area (Å²) in [6.45, 7) is 10.0. The lowest BCUT2D eigenvalue weighted by molar-refractivity contribution is -0.0627. The second-order valence-electron chi connectivity index (χ2n) is 6.48. The van der Waals surface area contributed by atoms with Gasteiger partial charge in [0.2, 0.25) is 0 Å². The number of rotatable bonds is 4. The molecule has 1 aliphatic heterocycles. The molecule has 1 heterocycles. The van der Waals surface area contributed by atoms with Crippen molar-refractivity contribution in [1.82, 2.24) is 4.90 Å². The molecule has 1 saturated heterocycles. The van der Waals surface area contributed by atoms with E-state index in [1.807, 2.05) is 34.6 Å². The summed E-state index contributed by atoms with van der Waals surface area (Å²) in [5.41, 5.74) is -1.14. The van der Waals surface area contributed by atoms with Crippen LogP contribution in [0.15, 0.2) is 0 Å². The summed E-state index contributed by atoms with van der Waals surface area (Å²) in [5.74, 6) is 0. The van der Waals surface area contributed by atoms with Gasteiger partial charge in [0, 0.05) is 6.61 Å². The summed E-state index contributed by atoms with van der Waals surface area (Å²) in [7, 11) is 0. The van der Waals surface area contributed by atoms with E-state index in [1.54, 1.807) is 4.90 Å². The zero-order valence-corrected chi connectivity index (χ0v) is 12.7. The Balaban J connectivity index is 2.69. The highest BCUT2D eigenvalue weighted by Gasteiger charge is 2.45. The number of unbranched alkanes of at least 4 members (excludes halogenated alkanes) is 1. The van der Waals surface area contributed by atoms with E-state index in [1.165, 1.54) is 0 Å². The third kappa shape index (κ3) is 4.66. The van der Waals surface area contributed by atoms with Crippen LogP contribution in [-0.4, -0.2) is 46.7 Å². The first kappa shape index (κ1) is 16.2. The number of hydrogen-bond acceptors (Lipinski definition) is 4. The van der Waals surface area contributed by atoms with Crippen LogP contribution in [0, 0.1) is 0 Å². The molecule has 0 aromatic rings. The van der Waals surface area contributed by atoms with Crippen LogP contribution >= 0.6 is 0 Å². The van der Waals surface area contributed by atoms with Gasteiger partial charge in [-0.15, -0.1) is 0 Å². The summed E-state index contributed by atoms with van der Waals surface area (Å²) >= 11 is 0. The summed E-state index contributed by atoms with van der Waals surface area (Å²) in [6.07, 6.45) is 2.12. The number of aliphatic hydroxyl groups is 1. The maximum absolute atomic E-state index is 12.3. The molecule has 0 saturated carbocycles. The zero-order valence-electron chi connectivity index (χ0n) is 12.7. The molecular formula is C14H27NO4. The van der Waals surface area contributed by atoms with Crippen molar-refractivity contribution in [2.24, 2.45) is 0 Å². The molecule has 1 unspecified atom stereocenters. The molecule has 5 nitrogen and oxygen atoms in total. The van der Waals surface area contributed by atoms with Crippen molar-refractivity contribution < 1.29 is 19.4 Å². The van der Waals surface area contributed by atoms with Crippen LogP contribution < -0.4 is 0 Å². The maximum Gasteiger partial charge on any atom is 0.412 e. The predicted molar refractivity (Wildman–Crippen MR) is 72.8 cm³/mol. The summed E-state index contributed by atoms with van der Waals surface area (Å²) in [6, 6.07) is 0.0244. The number of nitrogens with zero attached hydrogens (tertiary/aromatic N) is 1. The van der Waals surface area contributed by atoms with E-state index in [-0.39, 0.29) is 18.7 Å². The zero-order chi connectivity index (χ0) is 14.7. The number of carbonyl (C=O) groups excluding carboxylic acids is 1. The Morgan fingerprint density at radius 2 is 2.05 bits per heavy atom. The van der Waals surface area contributed by atoms with Crippen LogP contribution in [0.1, 0.15) is 53.9 Å². The molecular weight excluding hydrogens is 246 g/mol. The second-order valence-corrected chi connectivity index (χ2v) is 6.48. The smallest absolute Gasteiger partial charge is 0.412 e. The Morgan fingerprint density at radius 3 is 2.58 bits per heavy atom. The Labute approximate surface area is 115 Å². The fraction of sp³-hybridized carbons (Fsp3) is 0.929. The van der Waals surface area contributed by atoms with Crippen molar-refractivity contribution in [2.45, 2.75) is 71.2 Å². The molecule has 5 heteroatoms. The normalized spacial score (nSPS) is 22.6. The first-order valence-electron chi connectivity index (χ1n) is 6.94. The highest BCUT2D eigenvalue weighted by Crippen LogP contribution is 2.31. The molecule has 1 rings (SSSR count). The van der Waals surface area contributed by atoms with Gasteiger partial charge in [-0.2, -0.15) is 0 Å². The van der Waals surface area contributed by atoms with Crippen LogP contribution in [0.5, 0.6) is 0 Å². The van der Waals surface area contributed by atoms with E-state index >= 15 is 0 Å². The molecule has 1 atom stereocenters. The van der Waals surface area contributed by atoms with E-state index in [0.29, 0.717) is 6.61 Å². The molecule has 1 fully saturated rings. The summed E-state index contributed by atoms with van der Waals surface area (Å²) < 4.78 is 11.1. The molecule has 0 spiro atoms. The third-order valence-corrected chi connectivity index (χ3v) is 3.11. The van der Waals surface area contributed by atoms with Crippen LogP contribution in [0.3, 0.4) is 0 Å². The van der Waals surface area contributed by atoms with Crippen molar-refractivity contribution in [1.29, 1.82) is 0 Å². The first-order chi connectivity index (χ1) is 8.67. The van der Waals surface area contributed by atoms with Gasteiger partial charge < -0.3 is 14.6 Å². The van der Waals surface area contributed by atoms with Crippen LogP contribution in [-0.2, 0) is 9.47 Å². The summed E-state index contributed by atoms with van der Waals surface area (Å²) in [5, 5.41) is 8.83. The maximum atomic E-state index is 12.3. The minimum Gasteiger partial charge on any atom is -0.444 e. The Morgan fingerprint density at radius 1 is 1.42 bits per heavy atom. The largest absolute Gasteiger partial charge is 0.444 e. The number of ether oxygens (including phenoxy) is 2. The Bertz CT molecular complexity index is 309. The van der Waals surface area contributed by atoms with Crippen molar-refractivity contribution in [2.75, 3.05) is 13.2 Å². The molecule has 0 aromatic carbocycles. The lowest BCUT2D eigenvalue weighted by Gasteiger charge is -2.35. The van der Waals surface area contributed by atoms with Gasteiger partial charge in [0.15, 0.2) is 0 Å². The van der Waals surface area contributed by atoms with E-state index in [0.717, 1.165) is 19.3 Å². The van der Waals surface area contributed by atoms with Crippen LogP contribution in [0.25, 0.3) is 0 Å². The highest BCUT2D eigenvalue weighted by molar-refractivity contribution is 5.69. The van der Waals surface area contributed by atoms with Gasteiger partial charge >= 0.3 is 6.09 Å². The number of aliphatic hydroxyl groups excluding tert-OH is 1. The second kappa shape index (κ2) is 6.09. The Hall–Kier alpha value is -0.810. The van der Waals surface area contributed by atoms with Crippen LogP contribution in [0.4, 0.5) is 4.79 Å². The number of hydrogen-bond donors (Lipinski definition) is 1. The SMILES string of the molecule is CC(C)(C)OC(=O)N1C(CCCCO)COC1(C)C. The molecule has 0 aromatic heterocycles. The van der Waals surface area contributed by atoms with Crippen molar-refractivity contribution in [3.63, 3.8) is 0 Å². The van der Waals surface area contributed by atoms with E-state index in [4.69, 9.17) is 14.6 Å². The van der Waals surface area contributed by atoms with E-state index in [9.17, 15) is 4.79 Å². The monoisotopic (exact) mass is 273 g/mol. The molecule has 1 amide bonds. The van der Waals surface area contributed by atoms with Gasteiger partial charge in [0.1, 0.15) is 11.3 Å². The topological polar surface area (TPSA) is 59.0 Å². The molecule has 1 aliphatic rings. The van der Waals surface area contributed by atoms with Gasteiger partial charge in [0.05, 0.1) is 12.6 Å². The van der Waals surface area contributed by atoms with Gasteiger partial charge in [-0.1, -0.05) is 0 Å². The van der Waals surface area contributed by atoms with Crippen molar-refractivity contribution >= 4 is 6.09 Å². The lowest BCUT2D eigenvalue weighted by atomic mass is 10.1. The van der Waals surface area contributed by atoms with Gasteiger partial charge in [-0.3, -0.25) is 4.90 Å². The van der Waals surface area contributed by atoms with Crippen molar-refractivity contribution in [3.05, 3.63) is 0 Å². The average molecular weight is 273 g/mol. The van der Waals surface area contributed by atoms with Gasteiger partial charge in [-0.25, -0.2) is 4.79 Å². The first-order valence-corrected chi connectivity index (χ1v) is 6.94. The summed E-state index contributed by atoms with van der Waals surface area (Å²) in [4.78, 5) is 14.0. The fourth-order valence-corrected chi connectivity index (χ4v) is 2.27. The lowest BCUT2D eigenvalue weighted by Crippen LogP contribution is -2.49. The van der Waals surface area contributed by atoms with Crippen LogP contribution in [0.2, 0.25) is 0 Å². The minimum absolute atomic E-state index is 0.0244. The predicted octanol–water partition coefficient (Wildman–Crippen LogP) is 2.52. The fourth-order valence-electron chi connectivity index (χ4n) is 2.27. The van der Waals surface area contributed by atoms with Gasteiger partial charge in [-0.05, 0) is 53.9 Å². The number of carbonyl (C=O) groups is 1. The standard InChI is InChI=1S/C14H27NO4/c1-13(2,3)19-12(17)15-11(8-6-7-9-16)10-18-14(15,4)5/h11,16H,6-10H2,1-5H3.